The molecule has 0 radical (unpaired) electrons. The van der Waals surface area contributed by atoms with E-state index >= 15 is 0 Å². The molecule has 116 heavy (non-hydrogen) atoms. The van der Waals surface area contributed by atoms with E-state index in [1.54, 1.807) is 70.8 Å². The molecule has 6 fully saturated rings. The number of carbonyl (C=O) groups excluding carboxylic acids is 6. The summed E-state index contributed by atoms with van der Waals surface area (Å²) in [5, 5.41) is 24.2. The van der Waals surface area contributed by atoms with Crippen molar-refractivity contribution >= 4 is 36.6 Å². The summed E-state index contributed by atoms with van der Waals surface area (Å²) in [6.07, 6.45) is 3.40. The molecule has 0 unspecified atom stereocenters. The van der Waals surface area contributed by atoms with Gasteiger partial charge in [-0.05, 0) is 153 Å². The standard InChI is InChI=1S/C28H38F3N5O4.2C25H32F3N5O4.Li.H2O/c1-17(2)39-27(38)18-8-7-11-20(16-18)40-23-14-12-21(32-26(23)28(29,30)31)25-22(33-34-36(25)4)13-15-24(37)35(3)19-9-5-6-10-19;1-32(16-6-3-4-7-16)22(35)13-11-20-23(30-31-33(20)2)19-10-12-21(24(29-19)25(26,27)28)37-18-9-5-8-17(14-18)36-15-34;1-32(16-6-3-4-7-16)22(35)13-11-20-23(33(2)31-30-20)19-10-12-21(24(29-19)25(26,27)28)37-18-9-5-8-17(14-18)36-15-34;;/h12,14,17-20H,5-11,13,15-16H2,1-4H3;2*10,12,15-18H,3-9,11,13-14H2,1-2H3;;1H2/q;;;+1;/p-1/t18-,20-;2*17-,18-;;/m000../s1. The Morgan fingerprint density at radius 2 is 0.793 bits per heavy atom. The average molecular weight is 1640 g/mol. The Labute approximate surface area is 679 Å². The van der Waals surface area contributed by atoms with E-state index in [0.29, 0.717) is 112 Å². The first-order valence-electron chi connectivity index (χ1n) is 39.3. The molecular weight excluding hydrogens is 1530 g/mol. The zero-order chi connectivity index (χ0) is 82.2. The monoisotopic (exact) mass is 1640 g/mol. The molecule has 0 aliphatic heterocycles. The molecular formula is C78H103F9LiN15O13. The molecule has 1 N–H and O–H groups in total. The van der Waals surface area contributed by atoms with Gasteiger partial charge >= 0.3 is 43.4 Å². The first kappa shape index (κ1) is 92.5. The van der Waals surface area contributed by atoms with Crippen molar-refractivity contribution in [3.05, 3.63) is 70.6 Å². The maximum absolute atomic E-state index is 14.2. The van der Waals surface area contributed by atoms with Crippen LogP contribution in [-0.2, 0) is 102 Å². The number of carbonyl (C=O) groups is 6. The molecule has 6 saturated carbocycles. The van der Waals surface area contributed by atoms with Gasteiger partial charge in [-0.2, -0.15) is 39.5 Å². The van der Waals surface area contributed by atoms with Crippen molar-refractivity contribution in [2.45, 2.75) is 280 Å². The fourth-order valence-electron chi connectivity index (χ4n) is 16.1. The molecule has 38 heteroatoms. The third kappa shape index (κ3) is 24.6. The first-order valence-corrected chi connectivity index (χ1v) is 39.3. The number of amides is 3. The number of ether oxygens (including phenoxy) is 6. The van der Waals surface area contributed by atoms with E-state index < -0.39 is 59.8 Å². The first-order chi connectivity index (χ1) is 54.3. The molecule has 6 aromatic rings. The van der Waals surface area contributed by atoms with Crippen LogP contribution in [0.2, 0.25) is 0 Å². The molecule has 0 saturated heterocycles. The number of esters is 1. The Morgan fingerprint density at radius 1 is 0.457 bits per heavy atom. The van der Waals surface area contributed by atoms with Crippen molar-refractivity contribution < 1.29 is 121 Å². The fraction of sp³-hybridized carbons (Fsp3) is 0.654. The van der Waals surface area contributed by atoms with Gasteiger partial charge in [0.25, 0.3) is 12.9 Å². The van der Waals surface area contributed by atoms with Crippen LogP contribution in [-0.4, -0.2) is 193 Å². The average Bonchev–Trinajstić information content (AvgIpc) is 1.44. The van der Waals surface area contributed by atoms with E-state index in [1.165, 1.54) is 50.4 Å². The van der Waals surface area contributed by atoms with Gasteiger partial charge in [0.15, 0.2) is 34.3 Å². The van der Waals surface area contributed by atoms with Crippen molar-refractivity contribution in [1.29, 1.82) is 0 Å². The Hall–Kier alpha value is -8.98. The SMILES string of the molecule is CC(C)OC(=O)[C@H]1CCC[C@H](Oc2ccc(-c3c(CCC(=O)N(C)C4CCCC4)nnn3C)nc2C(F)(F)F)C1.CN(C(=O)CCc1c(-c2ccc(O[C@H]3CCC[C@H](OC=O)C3)c(C(F)(F)F)n2)nnn1C)C1CCCC1.CN(C(=O)CCc1nnn(C)c1-c1ccc(O[C@H]2CCC[C@H](OC=O)C2)c(C(F)(F)F)n1)C1CCCC1.[Li+].[OH-]. The summed E-state index contributed by atoms with van der Waals surface area (Å²) in [6, 6.07) is 8.79. The molecule has 0 aromatic carbocycles. The number of hydrogen-bond acceptors (Lipinski definition) is 22. The number of halogens is 9. The summed E-state index contributed by atoms with van der Waals surface area (Å²) < 4.78 is 163. The van der Waals surface area contributed by atoms with Crippen LogP contribution in [0.5, 0.6) is 17.2 Å². The number of aryl methyl sites for hydroxylation is 5. The summed E-state index contributed by atoms with van der Waals surface area (Å²) >= 11 is 0. The fourth-order valence-corrected chi connectivity index (χ4v) is 16.1. The smallest absolute Gasteiger partial charge is 0.870 e. The van der Waals surface area contributed by atoms with Crippen LogP contribution in [0.15, 0.2) is 36.4 Å². The third-order valence-electron chi connectivity index (χ3n) is 22.2. The number of nitrogens with zero attached hydrogens (tertiary/aromatic N) is 15. The summed E-state index contributed by atoms with van der Waals surface area (Å²) in [4.78, 5) is 88.9. The summed E-state index contributed by atoms with van der Waals surface area (Å²) in [5.41, 5.74) is -1.17. The molecule has 28 nitrogen and oxygen atoms in total. The molecule has 6 heterocycles. The minimum absolute atomic E-state index is 0. The minimum Gasteiger partial charge on any atom is -0.870 e. The Balaban J connectivity index is 0.000000216. The zero-order valence-corrected chi connectivity index (χ0v) is 67.1. The van der Waals surface area contributed by atoms with Gasteiger partial charge in [-0.3, -0.25) is 33.4 Å². The summed E-state index contributed by atoms with van der Waals surface area (Å²) in [6.45, 7) is 4.22. The molecule has 6 aliphatic rings. The van der Waals surface area contributed by atoms with Gasteiger partial charge < -0.3 is 48.6 Å². The number of pyridine rings is 3. The van der Waals surface area contributed by atoms with Gasteiger partial charge in [-0.25, -0.2) is 24.3 Å². The van der Waals surface area contributed by atoms with E-state index in [0.717, 1.165) is 77.0 Å². The van der Waals surface area contributed by atoms with Crippen molar-refractivity contribution in [3.8, 4) is 51.4 Å². The van der Waals surface area contributed by atoms with E-state index in [2.05, 4.69) is 45.9 Å². The summed E-state index contributed by atoms with van der Waals surface area (Å²) in [5.74, 6) is -1.98. The van der Waals surface area contributed by atoms with E-state index in [4.69, 9.17) is 28.4 Å². The van der Waals surface area contributed by atoms with Gasteiger partial charge in [0.2, 0.25) is 17.7 Å². The second kappa shape index (κ2) is 41.9. The molecule has 0 bridgehead atoms. The maximum atomic E-state index is 14.2. The normalized spacial score (nSPS) is 20.1. The van der Waals surface area contributed by atoms with Crippen molar-refractivity contribution in [2.75, 3.05) is 21.1 Å². The number of hydrogen-bond donors (Lipinski definition) is 0. The van der Waals surface area contributed by atoms with Crippen molar-refractivity contribution in [1.82, 2.24) is 74.6 Å². The molecule has 632 valence electrons. The van der Waals surface area contributed by atoms with Crippen LogP contribution in [0.25, 0.3) is 34.2 Å². The number of rotatable bonds is 27. The Kier molecular flexibility index (Phi) is 33.4. The van der Waals surface area contributed by atoms with Crippen molar-refractivity contribution in [2.24, 2.45) is 27.1 Å². The van der Waals surface area contributed by atoms with Crippen LogP contribution in [0.1, 0.15) is 221 Å². The quantitative estimate of drug-likeness (QED) is 0.0152. The second-order valence-electron chi connectivity index (χ2n) is 30.6. The Morgan fingerprint density at radius 3 is 1.16 bits per heavy atom. The van der Waals surface area contributed by atoms with Crippen LogP contribution in [0.4, 0.5) is 39.5 Å². The molecule has 12 rings (SSSR count). The zero-order valence-electron chi connectivity index (χ0n) is 67.1. The van der Waals surface area contributed by atoms with E-state index in [9.17, 15) is 68.3 Å². The predicted molar refractivity (Wildman–Crippen MR) is 395 cm³/mol. The van der Waals surface area contributed by atoms with E-state index in [-0.39, 0.29) is 169 Å². The van der Waals surface area contributed by atoms with Gasteiger partial charge in [0.05, 0.1) is 52.3 Å². The van der Waals surface area contributed by atoms with Gasteiger partial charge in [-0.15, -0.1) is 15.3 Å². The van der Waals surface area contributed by atoms with E-state index in [1.807, 2.05) is 0 Å². The molecule has 6 atom stereocenters. The molecule has 0 spiro atoms. The van der Waals surface area contributed by atoms with Gasteiger partial charge in [0, 0.05) is 112 Å². The number of alkyl halides is 9. The van der Waals surface area contributed by atoms with Crippen LogP contribution in [0.3, 0.4) is 0 Å². The second-order valence-corrected chi connectivity index (χ2v) is 30.6. The van der Waals surface area contributed by atoms with Crippen LogP contribution < -0.4 is 33.1 Å². The largest absolute Gasteiger partial charge is 1.00 e. The number of aromatic nitrogens is 12. The van der Waals surface area contributed by atoms with Crippen LogP contribution in [0, 0.1) is 5.92 Å². The predicted octanol–water partition coefficient (Wildman–Crippen LogP) is 10.1. The molecule has 6 aromatic heterocycles. The minimum atomic E-state index is -4.78. The molecule has 6 aliphatic carbocycles. The molecule has 3 amide bonds. The van der Waals surface area contributed by atoms with Crippen LogP contribution >= 0.6 is 0 Å². The van der Waals surface area contributed by atoms with Gasteiger partial charge in [-0.1, -0.05) is 54.2 Å². The third-order valence-corrected chi connectivity index (χ3v) is 22.2. The summed E-state index contributed by atoms with van der Waals surface area (Å²) in [7, 11) is 10.2. The maximum Gasteiger partial charge on any atom is 1.00 e. The van der Waals surface area contributed by atoms with Crippen molar-refractivity contribution in [3.63, 3.8) is 0 Å². The topological polar surface area (TPSA) is 328 Å². The Bertz CT molecular complexity index is 4240. The van der Waals surface area contributed by atoms with Gasteiger partial charge in [0.1, 0.15) is 41.5 Å².